The van der Waals surface area contributed by atoms with Crippen LogP contribution in [0.3, 0.4) is 0 Å². The molecule has 0 bridgehead atoms. The van der Waals surface area contributed by atoms with Crippen LogP contribution in [0.25, 0.3) is 11.0 Å². The van der Waals surface area contributed by atoms with Crippen LogP contribution in [0.5, 0.6) is 0 Å². The van der Waals surface area contributed by atoms with E-state index in [1.165, 1.54) is 0 Å². The van der Waals surface area contributed by atoms with Gasteiger partial charge in [0, 0.05) is 12.3 Å². The monoisotopic (exact) mass is 321 g/mol. The number of nitrogen functional groups attached to an aromatic ring is 1. The fourth-order valence-electron chi connectivity index (χ4n) is 1.75. The van der Waals surface area contributed by atoms with Crippen molar-refractivity contribution in [3.05, 3.63) is 22.2 Å². The summed E-state index contributed by atoms with van der Waals surface area (Å²) < 4.78 is 24.7. The number of aromatic nitrogens is 2. The molecule has 8 heteroatoms. The van der Waals surface area contributed by atoms with Gasteiger partial charge < -0.3 is 10.3 Å². The quantitative estimate of drug-likeness (QED) is 0.937. The van der Waals surface area contributed by atoms with Crippen LogP contribution in [0.4, 0.5) is 5.95 Å². The zero-order chi connectivity index (χ0) is 14.2. The molecule has 0 saturated carbocycles. The van der Waals surface area contributed by atoms with E-state index in [9.17, 15) is 8.42 Å². The van der Waals surface area contributed by atoms with E-state index in [0.29, 0.717) is 21.1 Å². The van der Waals surface area contributed by atoms with Crippen LogP contribution in [0.2, 0.25) is 10.0 Å². The molecule has 0 aliphatic rings. The number of nitrogens with zero attached hydrogens (tertiary/aromatic N) is 2. The fraction of sp³-hybridized carbons (Fsp3) is 0.364. The van der Waals surface area contributed by atoms with Gasteiger partial charge in [-0.2, -0.15) is 0 Å². The summed E-state index contributed by atoms with van der Waals surface area (Å²) in [5, 5.41) is 0.772. The van der Waals surface area contributed by atoms with Crippen molar-refractivity contribution in [3.8, 4) is 0 Å². The number of rotatable bonds is 4. The first kappa shape index (κ1) is 14.4. The van der Waals surface area contributed by atoms with Crippen molar-refractivity contribution >= 4 is 50.0 Å². The Labute approximate surface area is 121 Å². The molecular weight excluding hydrogens is 309 g/mol. The van der Waals surface area contributed by atoms with E-state index in [4.69, 9.17) is 28.9 Å². The molecule has 19 heavy (non-hydrogen) atoms. The first-order valence-corrected chi connectivity index (χ1v) is 8.23. The molecule has 0 unspecified atom stereocenters. The Morgan fingerprint density at radius 1 is 1.32 bits per heavy atom. The average Bonchev–Trinajstić information content (AvgIpc) is 2.63. The number of nitrogens with two attached hydrogens (primary N) is 1. The Balaban J connectivity index is 2.43. The maximum atomic E-state index is 11.5. The highest BCUT2D eigenvalue weighted by atomic mass is 35.5. The molecule has 2 N–H and O–H groups in total. The molecule has 0 amide bonds. The maximum absolute atomic E-state index is 11.5. The second-order valence-corrected chi connectivity index (χ2v) is 7.40. The number of aryl methyl sites for hydroxylation is 1. The van der Waals surface area contributed by atoms with Gasteiger partial charge in [-0.05, 0) is 12.1 Å². The third-order valence-electron chi connectivity index (χ3n) is 2.89. The summed E-state index contributed by atoms with van der Waals surface area (Å²) in [6, 6.07) is 3.25. The van der Waals surface area contributed by atoms with Crippen molar-refractivity contribution in [2.75, 3.05) is 17.2 Å². The standard InChI is InChI=1S/C11H13Cl2N3O2S/c1-2-19(17,18)4-3-16-10-6-8(13)7(12)5-9(10)15-11(16)14/h5-6H,2-4H2,1H3,(H2,14,15). The largest absolute Gasteiger partial charge is 0.369 e. The number of fused-ring (bicyclic) bond motifs is 1. The van der Waals surface area contributed by atoms with Crippen molar-refractivity contribution in [2.24, 2.45) is 0 Å². The highest BCUT2D eigenvalue weighted by Gasteiger charge is 2.14. The van der Waals surface area contributed by atoms with E-state index in [0.717, 1.165) is 0 Å². The molecule has 2 aromatic rings. The molecule has 0 aliphatic carbocycles. The third kappa shape index (κ3) is 2.96. The molecule has 0 fully saturated rings. The van der Waals surface area contributed by atoms with Crippen LogP contribution in [0, 0.1) is 0 Å². The number of anilines is 1. The van der Waals surface area contributed by atoms with Gasteiger partial charge in [0.15, 0.2) is 9.84 Å². The smallest absolute Gasteiger partial charge is 0.201 e. The van der Waals surface area contributed by atoms with Crippen LogP contribution in [0.1, 0.15) is 6.92 Å². The number of imidazole rings is 1. The minimum atomic E-state index is -3.06. The van der Waals surface area contributed by atoms with E-state index in [1.807, 2.05) is 0 Å². The molecule has 0 radical (unpaired) electrons. The summed E-state index contributed by atoms with van der Waals surface area (Å²) in [7, 11) is -3.06. The van der Waals surface area contributed by atoms with Crippen LogP contribution < -0.4 is 5.73 Å². The van der Waals surface area contributed by atoms with E-state index in [1.54, 1.807) is 23.6 Å². The van der Waals surface area contributed by atoms with Crippen molar-refractivity contribution in [1.29, 1.82) is 0 Å². The molecule has 1 aromatic carbocycles. The Hall–Kier alpha value is -0.980. The van der Waals surface area contributed by atoms with Crippen LogP contribution in [0.15, 0.2) is 12.1 Å². The van der Waals surface area contributed by atoms with E-state index < -0.39 is 9.84 Å². The highest BCUT2D eigenvalue weighted by Crippen LogP contribution is 2.28. The molecular formula is C11H13Cl2N3O2S. The van der Waals surface area contributed by atoms with Crippen molar-refractivity contribution in [2.45, 2.75) is 13.5 Å². The third-order valence-corrected chi connectivity index (χ3v) is 5.29. The number of hydrogen-bond donors (Lipinski definition) is 1. The van der Waals surface area contributed by atoms with Gasteiger partial charge in [0.05, 0.1) is 26.8 Å². The number of halogens is 2. The van der Waals surface area contributed by atoms with Gasteiger partial charge in [-0.15, -0.1) is 0 Å². The predicted octanol–water partition coefficient (Wildman–Crippen LogP) is 2.36. The van der Waals surface area contributed by atoms with Crippen molar-refractivity contribution in [3.63, 3.8) is 0 Å². The minimum Gasteiger partial charge on any atom is -0.369 e. The Kier molecular flexibility index (Phi) is 3.94. The molecule has 5 nitrogen and oxygen atoms in total. The topological polar surface area (TPSA) is 78.0 Å². The summed E-state index contributed by atoms with van der Waals surface area (Å²) in [5.74, 6) is 0.366. The molecule has 2 rings (SSSR count). The molecule has 1 heterocycles. The van der Waals surface area contributed by atoms with Crippen molar-refractivity contribution in [1.82, 2.24) is 9.55 Å². The normalized spacial score (nSPS) is 12.2. The second kappa shape index (κ2) is 5.19. The lowest BCUT2D eigenvalue weighted by Crippen LogP contribution is -2.15. The zero-order valence-corrected chi connectivity index (χ0v) is 12.6. The lowest BCUT2D eigenvalue weighted by Gasteiger charge is -2.06. The van der Waals surface area contributed by atoms with Gasteiger partial charge in [0.2, 0.25) is 5.95 Å². The lowest BCUT2D eigenvalue weighted by atomic mass is 10.3. The first-order valence-electron chi connectivity index (χ1n) is 5.65. The van der Waals surface area contributed by atoms with Gasteiger partial charge in [-0.25, -0.2) is 13.4 Å². The Morgan fingerprint density at radius 3 is 2.58 bits per heavy atom. The van der Waals surface area contributed by atoms with Gasteiger partial charge in [-0.3, -0.25) is 0 Å². The molecule has 0 aliphatic heterocycles. The summed E-state index contributed by atoms with van der Waals surface area (Å²) in [5.41, 5.74) is 7.07. The molecule has 0 atom stereocenters. The summed E-state index contributed by atoms with van der Waals surface area (Å²) in [6.07, 6.45) is 0. The molecule has 0 saturated heterocycles. The van der Waals surface area contributed by atoms with E-state index >= 15 is 0 Å². The summed E-state index contributed by atoms with van der Waals surface area (Å²) >= 11 is 11.9. The van der Waals surface area contributed by atoms with Crippen LogP contribution in [-0.2, 0) is 16.4 Å². The van der Waals surface area contributed by atoms with Crippen molar-refractivity contribution < 1.29 is 8.42 Å². The van der Waals surface area contributed by atoms with Crippen LogP contribution in [-0.4, -0.2) is 29.5 Å². The molecule has 1 aromatic heterocycles. The fourth-order valence-corrected chi connectivity index (χ4v) is 2.81. The van der Waals surface area contributed by atoms with E-state index in [2.05, 4.69) is 4.98 Å². The number of hydrogen-bond acceptors (Lipinski definition) is 4. The maximum Gasteiger partial charge on any atom is 0.201 e. The summed E-state index contributed by atoms with van der Waals surface area (Å²) in [6.45, 7) is 1.86. The molecule has 0 spiro atoms. The van der Waals surface area contributed by atoms with Gasteiger partial charge in [0.25, 0.3) is 0 Å². The highest BCUT2D eigenvalue weighted by molar-refractivity contribution is 7.91. The molecule has 104 valence electrons. The average molecular weight is 322 g/mol. The number of benzene rings is 1. The van der Waals surface area contributed by atoms with Gasteiger partial charge in [0.1, 0.15) is 0 Å². The predicted molar refractivity (Wildman–Crippen MR) is 78.5 cm³/mol. The Morgan fingerprint density at radius 2 is 1.95 bits per heavy atom. The van der Waals surface area contributed by atoms with Gasteiger partial charge >= 0.3 is 0 Å². The summed E-state index contributed by atoms with van der Waals surface area (Å²) in [4.78, 5) is 4.14. The zero-order valence-electron chi connectivity index (χ0n) is 10.2. The van der Waals surface area contributed by atoms with Crippen LogP contribution >= 0.6 is 23.2 Å². The lowest BCUT2D eigenvalue weighted by molar-refractivity contribution is 0.591. The number of sulfone groups is 1. The SMILES string of the molecule is CCS(=O)(=O)CCn1c(N)nc2cc(Cl)c(Cl)cc21. The Bertz CT molecular complexity index is 725. The first-order chi connectivity index (χ1) is 8.84. The minimum absolute atomic E-state index is 0.0133. The van der Waals surface area contributed by atoms with E-state index in [-0.39, 0.29) is 24.0 Å². The second-order valence-electron chi connectivity index (χ2n) is 4.11. The van der Waals surface area contributed by atoms with Gasteiger partial charge in [-0.1, -0.05) is 30.1 Å².